The van der Waals surface area contributed by atoms with Crippen molar-refractivity contribution < 1.29 is 23.1 Å². The summed E-state index contributed by atoms with van der Waals surface area (Å²) in [6.45, 7) is 1.35. The van der Waals surface area contributed by atoms with Crippen molar-refractivity contribution in [1.29, 1.82) is 0 Å². The molecule has 1 aliphatic heterocycles. The molecule has 0 radical (unpaired) electrons. The summed E-state index contributed by atoms with van der Waals surface area (Å²) < 4.78 is 26.8. The van der Waals surface area contributed by atoms with Crippen molar-refractivity contribution in [3.05, 3.63) is 29.8 Å². The summed E-state index contributed by atoms with van der Waals surface area (Å²) in [5.74, 6) is -0.804. The maximum Gasteiger partial charge on any atom is 0.313 e. The fourth-order valence-electron chi connectivity index (χ4n) is 2.55. The highest BCUT2D eigenvalue weighted by molar-refractivity contribution is 7.99. The number of carbonyl (C=O) groups is 2. The standard InChI is InChI=1S/C16H22N2O5S2/c19-15(20)12-24-10-7-17-16(21)13-5-4-6-14(11-13)25(22,23)18-8-2-1-3-9-18/h4-6,11H,1-3,7-10,12H2,(H,17,21)(H,19,20). The first-order chi connectivity index (χ1) is 11.9. The number of carboxylic acids is 1. The number of aliphatic carboxylic acids is 1. The number of thioether (sulfide) groups is 1. The Balaban J connectivity index is 1.97. The summed E-state index contributed by atoms with van der Waals surface area (Å²) in [6, 6.07) is 6.02. The predicted molar refractivity (Wildman–Crippen MR) is 96.3 cm³/mol. The Morgan fingerprint density at radius 1 is 1.20 bits per heavy atom. The number of carboxylic acid groups (broad SMARTS) is 1. The van der Waals surface area contributed by atoms with Crippen molar-refractivity contribution in [2.24, 2.45) is 0 Å². The Labute approximate surface area is 151 Å². The number of nitrogens with one attached hydrogen (secondary N) is 1. The van der Waals surface area contributed by atoms with E-state index in [0.29, 0.717) is 25.4 Å². The van der Waals surface area contributed by atoms with E-state index in [4.69, 9.17) is 5.11 Å². The summed E-state index contributed by atoms with van der Waals surface area (Å²) in [7, 11) is -3.57. The van der Waals surface area contributed by atoms with E-state index in [9.17, 15) is 18.0 Å². The Morgan fingerprint density at radius 2 is 1.92 bits per heavy atom. The highest BCUT2D eigenvalue weighted by atomic mass is 32.2. The molecule has 2 N–H and O–H groups in total. The molecular weight excluding hydrogens is 364 g/mol. The summed E-state index contributed by atoms with van der Waals surface area (Å²) in [5, 5.41) is 11.2. The minimum Gasteiger partial charge on any atom is -0.481 e. The van der Waals surface area contributed by atoms with E-state index in [1.54, 1.807) is 12.1 Å². The van der Waals surface area contributed by atoms with Crippen molar-refractivity contribution in [3.8, 4) is 0 Å². The van der Waals surface area contributed by atoms with Gasteiger partial charge in [-0.15, -0.1) is 11.8 Å². The molecule has 0 bridgehead atoms. The second-order valence-electron chi connectivity index (χ2n) is 5.69. The molecule has 0 saturated carbocycles. The number of hydrogen-bond acceptors (Lipinski definition) is 5. The maximum atomic E-state index is 12.7. The average molecular weight is 386 g/mol. The van der Waals surface area contributed by atoms with E-state index in [-0.39, 0.29) is 22.1 Å². The van der Waals surface area contributed by atoms with E-state index >= 15 is 0 Å². The number of rotatable bonds is 8. The van der Waals surface area contributed by atoms with Gasteiger partial charge in [0.05, 0.1) is 10.6 Å². The van der Waals surface area contributed by atoms with Crippen LogP contribution in [0.2, 0.25) is 0 Å². The van der Waals surface area contributed by atoms with Gasteiger partial charge >= 0.3 is 5.97 Å². The molecule has 1 heterocycles. The van der Waals surface area contributed by atoms with E-state index in [2.05, 4.69) is 5.32 Å². The molecule has 7 nitrogen and oxygen atoms in total. The minimum atomic E-state index is -3.57. The van der Waals surface area contributed by atoms with Crippen molar-refractivity contribution in [2.45, 2.75) is 24.2 Å². The van der Waals surface area contributed by atoms with Crippen LogP contribution in [-0.2, 0) is 14.8 Å². The second-order valence-corrected chi connectivity index (χ2v) is 8.74. The van der Waals surface area contributed by atoms with Crippen LogP contribution in [0.3, 0.4) is 0 Å². The molecule has 25 heavy (non-hydrogen) atoms. The van der Waals surface area contributed by atoms with Crippen molar-refractivity contribution in [1.82, 2.24) is 9.62 Å². The molecule has 1 fully saturated rings. The number of benzene rings is 1. The molecule has 1 aliphatic rings. The van der Waals surface area contributed by atoms with Crippen LogP contribution in [0.1, 0.15) is 29.6 Å². The molecule has 138 valence electrons. The van der Waals surface area contributed by atoms with Crippen molar-refractivity contribution >= 4 is 33.7 Å². The van der Waals surface area contributed by atoms with Crippen LogP contribution in [0.4, 0.5) is 0 Å². The van der Waals surface area contributed by atoms with Gasteiger partial charge < -0.3 is 10.4 Å². The van der Waals surface area contributed by atoms with Crippen LogP contribution in [0.25, 0.3) is 0 Å². The number of carbonyl (C=O) groups excluding carboxylic acids is 1. The summed E-state index contributed by atoms with van der Waals surface area (Å²) in [4.78, 5) is 22.7. The molecule has 1 aromatic rings. The van der Waals surface area contributed by atoms with Gasteiger partial charge in [-0.25, -0.2) is 8.42 Å². The quantitative estimate of drug-likeness (QED) is 0.655. The molecule has 0 atom stereocenters. The number of piperidine rings is 1. The van der Waals surface area contributed by atoms with E-state index in [1.165, 1.54) is 28.2 Å². The zero-order valence-corrected chi connectivity index (χ0v) is 15.4. The van der Waals surface area contributed by atoms with Gasteiger partial charge in [-0.05, 0) is 31.0 Å². The molecule has 1 aromatic carbocycles. The molecule has 9 heteroatoms. The third-order valence-electron chi connectivity index (χ3n) is 3.81. The first kappa shape index (κ1) is 19.7. The minimum absolute atomic E-state index is 0.0145. The Morgan fingerprint density at radius 3 is 2.60 bits per heavy atom. The summed E-state index contributed by atoms with van der Waals surface area (Å²) in [5.41, 5.74) is 0.279. The lowest BCUT2D eigenvalue weighted by Crippen LogP contribution is -2.35. The van der Waals surface area contributed by atoms with Gasteiger partial charge in [-0.2, -0.15) is 4.31 Å². The molecule has 0 spiro atoms. The van der Waals surface area contributed by atoms with E-state index < -0.39 is 16.0 Å². The van der Waals surface area contributed by atoms with Crippen LogP contribution in [0.5, 0.6) is 0 Å². The first-order valence-corrected chi connectivity index (χ1v) is 10.7. The van der Waals surface area contributed by atoms with Crippen LogP contribution >= 0.6 is 11.8 Å². The molecule has 0 aromatic heterocycles. The molecule has 1 saturated heterocycles. The maximum absolute atomic E-state index is 12.7. The van der Waals surface area contributed by atoms with E-state index in [1.807, 2.05) is 0 Å². The van der Waals surface area contributed by atoms with Gasteiger partial charge in [-0.1, -0.05) is 12.5 Å². The highest BCUT2D eigenvalue weighted by Crippen LogP contribution is 2.21. The Kier molecular flexibility index (Phi) is 7.27. The van der Waals surface area contributed by atoms with Crippen LogP contribution in [0.15, 0.2) is 29.2 Å². The lowest BCUT2D eigenvalue weighted by atomic mass is 10.2. The van der Waals surface area contributed by atoms with Crippen LogP contribution in [-0.4, -0.2) is 60.8 Å². The average Bonchev–Trinajstić information content (AvgIpc) is 2.62. The van der Waals surface area contributed by atoms with Gasteiger partial charge in [0.1, 0.15) is 0 Å². The lowest BCUT2D eigenvalue weighted by molar-refractivity contribution is -0.133. The topological polar surface area (TPSA) is 104 Å². The third kappa shape index (κ3) is 5.72. The van der Waals surface area contributed by atoms with Gasteiger partial charge in [0.25, 0.3) is 5.91 Å². The molecule has 2 rings (SSSR count). The van der Waals surface area contributed by atoms with Gasteiger partial charge in [0.2, 0.25) is 10.0 Å². The molecular formula is C16H22N2O5S2. The first-order valence-electron chi connectivity index (χ1n) is 8.09. The number of amides is 1. The fourth-order valence-corrected chi connectivity index (χ4v) is 4.68. The lowest BCUT2D eigenvalue weighted by Gasteiger charge is -2.26. The van der Waals surface area contributed by atoms with E-state index in [0.717, 1.165) is 19.3 Å². The summed E-state index contributed by atoms with van der Waals surface area (Å²) >= 11 is 1.21. The Bertz CT molecular complexity index is 715. The predicted octanol–water partition coefficient (Wildman–Crippen LogP) is 1.41. The third-order valence-corrected chi connectivity index (χ3v) is 6.65. The van der Waals surface area contributed by atoms with Gasteiger partial charge in [-0.3, -0.25) is 9.59 Å². The second kappa shape index (κ2) is 9.21. The SMILES string of the molecule is O=C(O)CSCCNC(=O)c1cccc(S(=O)(=O)N2CCCCC2)c1. The zero-order valence-electron chi connectivity index (χ0n) is 13.8. The monoisotopic (exact) mass is 386 g/mol. The van der Waals surface area contributed by atoms with Crippen molar-refractivity contribution in [3.63, 3.8) is 0 Å². The molecule has 0 unspecified atom stereocenters. The fraction of sp³-hybridized carbons (Fsp3) is 0.500. The van der Waals surface area contributed by atoms with Gasteiger partial charge in [0.15, 0.2) is 0 Å². The summed E-state index contributed by atoms with van der Waals surface area (Å²) in [6.07, 6.45) is 2.75. The number of sulfonamides is 1. The highest BCUT2D eigenvalue weighted by Gasteiger charge is 2.26. The number of hydrogen-bond donors (Lipinski definition) is 2. The largest absolute Gasteiger partial charge is 0.481 e. The molecule has 1 amide bonds. The van der Waals surface area contributed by atoms with Gasteiger partial charge in [0, 0.05) is 31.0 Å². The molecule has 0 aliphatic carbocycles. The zero-order chi connectivity index (χ0) is 18.3. The number of nitrogens with zero attached hydrogens (tertiary/aromatic N) is 1. The van der Waals surface area contributed by atoms with Crippen molar-refractivity contribution in [2.75, 3.05) is 31.1 Å². The van der Waals surface area contributed by atoms with Crippen LogP contribution < -0.4 is 5.32 Å². The van der Waals surface area contributed by atoms with Crippen LogP contribution in [0, 0.1) is 0 Å². The Hall–Kier alpha value is -1.58. The smallest absolute Gasteiger partial charge is 0.313 e. The normalized spacial score (nSPS) is 15.7.